The summed E-state index contributed by atoms with van der Waals surface area (Å²) in [5.41, 5.74) is 1.36. The molecule has 4 nitrogen and oxygen atoms in total. The lowest BCUT2D eigenvalue weighted by Gasteiger charge is -2.30. The predicted octanol–water partition coefficient (Wildman–Crippen LogP) is 2.26. The number of hydrogen-bond acceptors (Lipinski definition) is 4. The molecule has 6 heteroatoms. The van der Waals surface area contributed by atoms with Crippen LogP contribution >= 0.6 is 0 Å². The van der Waals surface area contributed by atoms with Gasteiger partial charge in [0.15, 0.2) is 23.8 Å². The third-order valence-electron chi connectivity index (χ3n) is 3.98. The van der Waals surface area contributed by atoms with Crippen molar-refractivity contribution >= 4 is 19.7 Å². The van der Waals surface area contributed by atoms with Crippen LogP contribution in [0.5, 0.6) is 0 Å². The van der Waals surface area contributed by atoms with Crippen LogP contribution in [0.2, 0.25) is 0 Å². The number of sulfone groups is 2. The Kier molecular flexibility index (Phi) is 4.96. The molecule has 0 atom stereocenters. The Bertz CT molecular complexity index is 780. The Balaban J connectivity index is 2.61. The number of hydrogen-bond donors (Lipinski definition) is 0. The molecule has 0 unspecified atom stereocenters. The van der Waals surface area contributed by atoms with E-state index in [9.17, 15) is 16.8 Å². The molecule has 0 spiro atoms. The van der Waals surface area contributed by atoms with Gasteiger partial charge in [-0.15, -0.1) is 0 Å². The zero-order chi connectivity index (χ0) is 17.1. The molecule has 0 saturated heterocycles. The monoisotopic (exact) mass is 352 g/mol. The summed E-state index contributed by atoms with van der Waals surface area (Å²) in [5, 5.41) is 0. The summed E-state index contributed by atoms with van der Waals surface area (Å²) in [6, 6.07) is 17.7. The summed E-state index contributed by atoms with van der Waals surface area (Å²) in [6.07, 6.45) is 1.86. The van der Waals surface area contributed by atoms with Crippen LogP contribution in [0.3, 0.4) is 0 Å². The molecular weight excluding hydrogens is 332 g/mol. The van der Waals surface area contributed by atoms with Crippen LogP contribution in [0.25, 0.3) is 0 Å². The minimum absolute atomic E-state index is 0.0690. The first kappa shape index (κ1) is 17.7. The molecular formula is C17H20O4S2. The lowest BCUT2D eigenvalue weighted by atomic mass is 10.0. The Labute approximate surface area is 138 Å². The quantitative estimate of drug-likeness (QED) is 0.800. The van der Waals surface area contributed by atoms with Gasteiger partial charge in [-0.25, -0.2) is 16.8 Å². The zero-order valence-electron chi connectivity index (χ0n) is 13.1. The second-order valence-corrected chi connectivity index (χ2v) is 10.7. The fraction of sp³-hybridized carbons (Fsp3) is 0.294. The molecule has 0 aliphatic carbocycles. The number of rotatable bonds is 6. The molecule has 2 rings (SSSR count). The molecule has 0 radical (unpaired) electrons. The van der Waals surface area contributed by atoms with Gasteiger partial charge in [-0.2, -0.15) is 0 Å². The molecule has 2 aromatic carbocycles. The first-order valence-electron chi connectivity index (χ1n) is 7.13. The van der Waals surface area contributed by atoms with Crippen molar-refractivity contribution in [2.45, 2.75) is 16.9 Å². The summed E-state index contributed by atoms with van der Waals surface area (Å²) in [4.78, 5) is 0. The van der Waals surface area contributed by atoms with Gasteiger partial charge >= 0.3 is 0 Å². The molecule has 23 heavy (non-hydrogen) atoms. The summed E-state index contributed by atoms with van der Waals surface area (Å²) < 4.78 is 48.2. The van der Waals surface area contributed by atoms with Crippen LogP contribution in [0.4, 0.5) is 0 Å². The van der Waals surface area contributed by atoms with Gasteiger partial charge in [0.1, 0.15) is 0 Å². The van der Waals surface area contributed by atoms with E-state index in [1.807, 2.05) is 12.1 Å². The smallest absolute Gasteiger partial charge is 0.180 e. The summed E-state index contributed by atoms with van der Waals surface area (Å²) in [6.45, 7) is 0. The molecule has 0 aromatic heterocycles. The van der Waals surface area contributed by atoms with Crippen molar-refractivity contribution in [1.29, 1.82) is 0 Å². The van der Waals surface area contributed by atoms with Crippen LogP contribution < -0.4 is 0 Å². The van der Waals surface area contributed by atoms with Crippen molar-refractivity contribution in [3.8, 4) is 0 Å². The second-order valence-electron chi connectivity index (χ2n) is 5.78. The summed E-state index contributed by atoms with van der Waals surface area (Å²) >= 11 is 0. The third-order valence-corrected chi connectivity index (χ3v) is 9.08. The highest BCUT2D eigenvalue weighted by atomic mass is 32.3. The molecule has 2 aromatic rings. The molecule has 0 saturated carbocycles. The predicted molar refractivity (Wildman–Crippen MR) is 92.7 cm³/mol. The van der Waals surface area contributed by atoms with Gasteiger partial charge in [0, 0.05) is 25.4 Å². The van der Waals surface area contributed by atoms with E-state index in [0.717, 1.165) is 12.5 Å². The van der Waals surface area contributed by atoms with Gasteiger partial charge in [0.25, 0.3) is 0 Å². The first-order valence-corrected chi connectivity index (χ1v) is 10.9. The maximum absolute atomic E-state index is 12.5. The van der Waals surface area contributed by atoms with E-state index in [0.29, 0.717) is 11.1 Å². The van der Waals surface area contributed by atoms with E-state index in [-0.39, 0.29) is 12.8 Å². The zero-order valence-corrected chi connectivity index (χ0v) is 14.8. The highest BCUT2D eigenvalue weighted by molar-refractivity contribution is 8.09. The van der Waals surface area contributed by atoms with Gasteiger partial charge in [0.2, 0.25) is 0 Å². The highest BCUT2D eigenvalue weighted by Gasteiger charge is 2.50. The maximum Gasteiger partial charge on any atom is 0.180 e. The van der Waals surface area contributed by atoms with Gasteiger partial charge in [-0.3, -0.25) is 0 Å². The number of benzene rings is 2. The van der Waals surface area contributed by atoms with Crippen LogP contribution in [-0.4, -0.2) is 33.4 Å². The average Bonchev–Trinajstić information content (AvgIpc) is 2.46. The van der Waals surface area contributed by atoms with E-state index in [1.54, 1.807) is 48.5 Å². The molecule has 0 amide bonds. The standard InChI is InChI=1S/C17H20O4S2/c1-22(18,19)17(23(2,20)21,13-15-9-5-3-6-10-15)14-16-11-7-4-8-12-16/h3-12H,13-14H2,1-2H3. The van der Waals surface area contributed by atoms with Crippen molar-refractivity contribution in [1.82, 2.24) is 0 Å². The maximum atomic E-state index is 12.5. The average molecular weight is 352 g/mol. The van der Waals surface area contributed by atoms with Crippen molar-refractivity contribution < 1.29 is 16.8 Å². The van der Waals surface area contributed by atoms with Crippen LogP contribution in [-0.2, 0) is 32.5 Å². The van der Waals surface area contributed by atoms with Crippen LogP contribution in [0.15, 0.2) is 60.7 Å². The summed E-state index contributed by atoms with van der Waals surface area (Å²) in [5.74, 6) is 0. The Morgan fingerprint density at radius 3 is 1.22 bits per heavy atom. The van der Waals surface area contributed by atoms with Gasteiger partial charge in [-0.05, 0) is 11.1 Å². The molecule has 0 heterocycles. The van der Waals surface area contributed by atoms with Gasteiger partial charge in [-0.1, -0.05) is 60.7 Å². The normalized spacial score (nSPS) is 13.0. The summed E-state index contributed by atoms with van der Waals surface area (Å²) in [7, 11) is -7.74. The topological polar surface area (TPSA) is 68.3 Å². The molecule has 0 aliphatic rings. The molecule has 0 fully saturated rings. The van der Waals surface area contributed by atoms with Crippen LogP contribution in [0.1, 0.15) is 11.1 Å². The van der Waals surface area contributed by atoms with Crippen molar-refractivity contribution in [3.63, 3.8) is 0 Å². The fourth-order valence-corrected chi connectivity index (χ4v) is 6.59. The Morgan fingerprint density at radius 1 is 0.652 bits per heavy atom. The molecule has 124 valence electrons. The molecule has 0 bridgehead atoms. The van der Waals surface area contributed by atoms with Crippen LogP contribution in [0, 0.1) is 0 Å². The minimum Gasteiger partial charge on any atom is -0.227 e. The minimum atomic E-state index is -3.87. The SMILES string of the molecule is CS(=O)(=O)C(Cc1ccccc1)(Cc1ccccc1)S(C)(=O)=O. The van der Waals surface area contributed by atoms with E-state index in [2.05, 4.69) is 0 Å². The molecule has 0 N–H and O–H groups in total. The van der Waals surface area contributed by atoms with Crippen molar-refractivity contribution in [2.24, 2.45) is 0 Å². The van der Waals surface area contributed by atoms with Crippen molar-refractivity contribution in [2.75, 3.05) is 12.5 Å². The van der Waals surface area contributed by atoms with E-state index < -0.39 is 23.8 Å². The Hall–Kier alpha value is -1.66. The lowest BCUT2D eigenvalue weighted by molar-refractivity contribution is 0.539. The van der Waals surface area contributed by atoms with E-state index in [1.165, 1.54) is 0 Å². The van der Waals surface area contributed by atoms with Gasteiger partial charge in [0.05, 0.1) is 0 Å². The lowest BCUT2D eigenvalue weighted by Crippen LogP contribution is -2.49. The third kappa shape index (κ3) is 3.82. The van der Waals surface area contributed by atoms with Crippen molar-refractivity contribution in [3.05, 3.63) is 71.8 Å². The molecule has 0 aliphatic heterocycles. The fourth-order valence-electron chi connectivity index (χ4n) is 2.68. The van der Waals surface area contributed by atoms with Gasteiger partial charge < -0.3 is 0 Å². The van der Waals surface area contributed by atoms with E-state index >= 15 is 0 Å². The Morgan fingerprint density at radius 2 is 0.957 bits per heavy atom. The highest BCUT2D eigenvalue weighted by Crippen LogP contribution is 2.32. The van der Waals surface area contributed by atoms with E-state index in [4.69, 9.17) is 0 Å². The second kappa shape index (κ2) is 6.45. The largest absolute Gasteiger partial charge is 0.227 e. The first-order chi connectivity index (χ1) is 10.7.